The minimum Gasteiger partial charge on any atom is -0.354 e. The summed E-state index contributed by atoms with van der Waals surface area (Å²) in [7, 11) is 4.08. The van der Waals surface area contributed by atoms with E-state index in [1.165, 1.54) is 11.1 Å². The molecule has 1 amide bonds. The third kappa shape index (κ3) is 5.66. The molecule has 1 N–H and O–H groups in total. The predicted octanol–water partition coefficient (Wildman–Crippen LogP) is 2.47. The molecule has 19 heavy (non-hydrogen) atoms. The fourth-order valence-corrected chi connectivity index (χ4v) is 2.27. The zero-order valence-electron chi connectivity index (χ0n) is 12.3. The van der Waals surface area contributed by atoms with Crippen LogP contribution in [0.3, 0.4) is 0 Å². The molecular formula is C15H24N2OS. The van der Waals surface area contributed by atoms with Crippen molar-refractivity contribution < 1.29 is 4.79 Å². The number of hydrogen-bond donors (Lipinski definition) is 1. The summed E-state index contributed by atoms with van der Waals surface area (Å²) < 4.78 is 0. The zero-order chi connectivity index (χ0) is 14.3. The van der Waals surface area contributed by atoms with Gasteiger partial charge in [-0.3, -0.25) is 4.79 Å². The summed E-state index contributed by atoms with van der Waals surface area (Å²) in [5.74, 6) is 1.01. The van der Waals surface area contributed by atoms with Gasteiger partial charge in [-0.2, -0.15) is 11.8 Å². The van der Waals surface area contributed by atoms with Crippen molar-refractivity contribution in [3.05, 3.63) is 35.4 Å². The molecule has 0 bridgehead atoms. The van der Waals surface area contributed by atoms with E-state index in [-0.39, 0.29) is 11.9 Å². The van der Waals surface area contributed by atoms with Crippen LogP contribution in [0, 0.1) is 6.92 Å². The van der Waals surface area contributed by atoms with Crippen molar-refractivity contribution >= 4 is 17.7 Å². The summed E-state index contributed by atoms with van der Waals surface area (Å²) >= 11 is 1.70. The Labute approximate surface area is 120 Å². The molecule has 0 aliphatic heterocycles. The van der Waals surface area contributed by atoms with Crippen molar-refractivity contribution in [3.8, 4) is 0 Å². The SMILES string of the molecule is CSCCC(=O)NCC(c1ccc(C)cc1)N(C)C. The number of rotatable bonds is 7. The number of carbonyl (C=O) groups is 1. The van der Waals surface area contributed by atoms with Gasteiger partial charge in [0, 0.05) is 18.7 Å². The summed E-state index contributed by atoms with van der Waals surface area (Å²) in [5.41, 5.74) is 2.49. The summed E-state index contributed by atoms with van der Waals surface area (Å²) in [6, 6.07) is 8.71. The summed E-state index contributed by atoms with van der Waals surface area (Å²) in [6.07, 6.45) is 2.61. The van der Waals surface area contributed by atoms with Gasteiger partial charge >= 0.3 is 0 Å². The van der Waals surface area contributed by atoms with Crippen LogP contribution >= 0.6 is 11.8 Å². The molecule has 4 heteroatoms. The largest absolute Gasteiger partial charge is 0.354 e. The van der Waals surface area contributed by atoms with Gasteiger partial charge in [-0.1, -0.05) is 29.8 Å². The van der Waals surface area contributed by atoms with E-state index in [4.69, 9.17) is 0 Å². The van der Waals surface area contributed by atoms with E-state index < -0.39 is 0 Å². The number of nitrogens with one attached hydrogen (secondary N) is 1. The molecule has 1 atom stereocenters. The molecule has 0 fully saturated rings. The number of aryl methyl sites for hydroxylation is 1. The Morgan fingerprint density at radius 3 is 2.47 bits per heavy atom. The Hall–Kier alpha value is -1.00. The van der Waals surface area contributed by atoms with Crippen LogP contribution in [0.15, 0.2) is 24.3 Å². The summed E-state index contributed by atoms with van der Waals surface area (Å²) in [4.78, 5) is 13.8. The summed E-state index contributed by atoms with van der Waals surface area (Å²) in [6.45, 7) is 2.74. The number of nitrogens with zero attached hydrogens (tertiary/aromatic N) is 1. The van der Waals surface area contributed by atoms with Gasteiger partial charge in [-0.25, -0.2) is 0 Å². The maximum Gasteiger partial charge on any atom is 0.220 e. The molecule has 106 valence electrons. The van der Waals surface area contributed by atoms with Crippen LogP contribution in [0.4, 0.5) is 0 Å². The highest BCUT2D eigenvalue weighted by molar-refractivity contribution is 7.98. The number of amides is 1. The molecule has 1 unspecified atom stereocenters. The third-order valence-electron chi connectivity index (χ3n) is 3.11. The van der Waals surface area contributed by atoms with Crippen LogP contribution in [-0.2, 0) is 4.79 Å². The highest BCUT2D eigenvalue weighted by Gasteiger charge is 2.14. The molecule has 0 saturated carbocycles. The topological polar surface area (TPSA) is 32.3 Å². The number of thioether (sulfide) groups is 1. The maximum atomic E-state index is 11.7. The lowest BCUT2D eigenvalue weighted by atomic mass is 10.0. The van der Waals surface area contributed by atoms with Crippen molar-refractivity contribution in [2.75, 3.05) is 32.6 Å². The van der Waals surface area contributed by atoms with Gasteiger partial charge in [0.05, 0.1) is 6.04 Å². The van der Waals surface area contributed by atoms with Crippen LogP contribution < -0.4 is 5.32 Å². The van der Waals surface area contributed by atoms with E-state index in [1.54, 1.807) is 11.8 Å². The first-order valence-corrected chi connectivity index (χ1v) is 7.92. The lowest BCUT2D eigenvalue weighted by Gasteiger charge is -2.25. The van der Waals surface area contributed by atoms with E-state index in [2.05, 4.69) is 41.4 Å². The Morgan fingerprint density at radius 2 is 1.95 bits per heavy atom. The van der Waals surface area contributed by atoms with Gasteiger partial charge in [0.2, 0.25) is 5.91 Å². The molecule has 3 nitrogen and oxygen atoms in total. The van der Waals surface area contributed by atoms with E-state index >= 15 is 0 Å². The monoisotopic (exact) mass is 280 g/mol. The van der Waals surface area contributed by atoms with Crippen molar-refractivity contribution in [3.63, 3.8) is 0 Å². The molecule has 1 rings (SSSR count). The fourth-order valence-electron chi connectivity index (χ4n) is 1.88. The first kappa shape index (κ1) is 16.1. The number of likely N-dealkylation sites (N-methyl/N-ethyl adjacent to an activating group) is 1. The van der Waals surface area contributed by atoms with E-state index in [0.717, 1.165) is 5.75 Å². The molecule has 1 aromatic rings. The normalized spacial score (nSPS) is 12.5. The molecule has 0 aliphatic rings. The molecule has 0 radical (unpaired) electrons. The van der Waals surface area contributed by atoms with Crippen molar-refractivity contribution in [2.24, 2.45) is 0 Å². The van der Waals surface area contributed by atoms with E-state index in [1.807, 2.05) is 20.4 Å². The average molecular weight is 280 g/mol. The molecule has 0 saturated heterocycles. The Balaban J connectivity index is 2.58. The Bertz CT molecular complexity index is 390. The van der Waals surface area contributed by atoms with Crippen LogP contribution in [-0.4, -0.2) is 43.5 Å². The van der Waals surface area contributed by atoms with Gasteiger partial charge in [0.15, 0.2) is 0 Å². The van der Waals surface area contributed by atoms with Gasteiger partial charge in [0.1, 0.15) is 0 Å². The van der Waals surface area contributed by atoms with Gasteiger partial charge in [-0.15, -0.1) is 0 Å². The third-order valence-corrected chi connectivity index (χ3v) is 3.72. The molecule has 0 aliphatic carbocycles. The molecule has 0 aromatic heterocycles. The number of carbonyl (C=O) groups excluding carboxylic acids is 1. The van der Waals surface area contributed by atoms with Crippen LogP contribution in [0.25, 0.3) is 0 Å². The number of hydrogen-bond acceptors (Lipinski definition) is 3. The zero-order valence-corrected chi connectivity index (χ0v) is 13.1. The van der Waals surface area contributed by atoms with Gasteiger partial charge < -0.3 is 10.2 Å². The van der Waals surface area contributed by atoms with Crippen molar-refractivity contribution in [1.82, 2.24) is 10.2 Å². The van der Waals surface area contributed by atoms with Gasteiger partial charge in [-0.05, 0) is 32.8 Å². The lowest BCUT2D eigenvalue weighted by Crippen LogP contribution is -2.34. The minimum atomic E-state index is 0.133. The van der Waals surface area contributed by atoms with Crippen LogP contribution in [0.1, 0.15) is 23.6 Å². The Morgan fingerprint density at radius 1 is 1.32 bits per heavy atom. The molecular weight excluding hydrogens is 256 g/mol. The highest BCUT2D eigenvalue weighted by atomic mass is 32.2. The predicted molar refractivity (Wildman–Crippen MR) is 83.6 cm³/mol. The number of benzene rings is 1. The molecule has 1 aromatic carbocycles. The standard InChI is InChI=1S/C15H24N2OS/c1-12-5-7-13(8-6-12)14(17(2)3)11-16-15(18)9-10-19-4/h5-8,14H,9-11H2,1-4H3,(H,16,18). The first-order valence-electron chi connectivity index (χ1n) is 6.53. The first-order chi connectivity index (χ1) is 9.04. The average Bonchev–Trinajstić information content (AvgIpc) is 2.38. The van der Waals surface area contributed by atoms with Crippen LogP contribution in [0.5, 0.6) is 0 Å². The molecule has 0 spiro atoms. The minimum absolute atomic E-state index is 0.133. The second-order valence-corrected chi connectivity index (χ2v) is 5.92. The molecule has 0 heterocycles. The highest BCUT2D eigenvalue weighted by Crippen LogP contribution is 2.17. The van der Waals surface area contributed by atoms with Crippen molar-refractivity contribution in [2.45, 2.75) is 19.4 Å². The smallest absolute Gasteiger partial charge is 0.220 e. The van der Waals surface area contributed by atoms with E-state index in [0.29, 0.717) is 13.0 Å². The summed E-state index contributed by atoms with van der Waals surface area (Å²) in [5, 5.41) is 3.02. The second-order valence-electron chi connectivity index (χ2n) is 4.94. The second kappa shape index (κ2) is 8.23. The quantitative estimate of drug-likeness (QED) is 0.833. The fraction of sp³-hybridized carbons (Fsp3) is 0.533. The lowest BCUT2D eigenvalue weighted by molar-refractivity contribution is -0.120. The van der Waals surface area contributed by atoms with E-state index in [9.17, 15) is 4.79 Å². The Kier molecular flexibility index (Phi) is 6.95. The van der Waals surface area contributed by atoms with Crippen molar-refractivity contribution in [1.29, 1.82) is 0 Å². The maximum absolute atomic E-state index is 11.7. The van der Waals surface area contributed by atoms with Crippen LogP contribution in [0.2, 0.25) is 0 Å². The van der Waals surface area contributed by atoms with Gasteiger partial charge in [0.25, 0.3) is 0 Å².